The van der Waals surface area contributed by atoms with Crippen LogP contribution in [0.25, 0.3) is 0 Å². The van der Waals surface area contributed by atoms with Crippen LogP contribution in [-0.2, 0) is 21.4 Å². The number of nitrogens with zero attached hydrogens (tertiary/aromatic N) is 3. The molecule has 0 aliphatic carbocycles. The lowest BCUT2D eigenvalue weighted by atomic mass is 10.1. The van der Waals surface area contributed by atoms with Crippen LogP contribution in [0, 0.1) is 0 Å². The molecular formula is C21H25ClN4O4S. The molecule has 0 unspecified atom stereocenters. The Labute approximate surface area is 187 Å². The van der Waals surface area contributed by atoms with Gasteiger partial charge in [-0.3, -0.25) is 19.7 Å². The van der Waals surface area contributed by atoms with Crippen LogP contribution in [0.15, 0.2) is 59.9 Å². The Bertz CT molecular complexity index is 1000. The largest absolute Gasteiger partial charge is 0.481 e. The quantitative estimate of drug-likeness (QED) is 0.410. The molecule has 3 rings (SSSR count). The van der Waals surface area contributed by atoms with E-state index in [-0.39, 0.29) is 23.4 Å². The van der Waals surface area contributed by atoms with Gasteiger partial charge in [0.1, 0.15) is 0 Å². The molecule has 0 amide bonds. The van der Waals surface area contributed by atoms with Crippen molar-refractivity contribution in [2.24, 2.45) is 0 Å². The minimum absolute atomic E-state index is 0.00440. The van der Waals surface area contributed by atoms with Crippen molar-refractivity contribution in [3.63, 3.8) is 0 Å². The molecule has 31 heavy (non-hydrogen) atoms. The number of carboxylic acids is 1. The molecule has 2 atom stereocenters. The van der Waals surface area contributed by atoms with Gasteiger partial charge in [-0.25, -0.2) is 13.1 Å². The number of aromatic nitrogens is 2. The number of likely N-dealkylation sites (tertiary alicyclic amines) is 1. The highest BCUT2D eigenvalue weighted by Gasteiger charge is 2.33. The summed E-state index contributed by atoms with van der Waals surface area (Å²) in [6.07, 6.45) is 10.9. The van der Waals surface area contributed by atoms with Gasteiger partial charge >= 0.3 is 5.97 Å². The van der Waals surface area contributed by atoms with E-state index in [4.69, 9.17) is 16.7 Å². The number of aliphatic carboxylic acids is 1. The third kappa shape index (κ3) is 7.10. The summed E-state index contributed by atoms with van der Waals surface area (Å²) in [6.45, 7) is 1.06. The Morgan fingerprint density at radius 1 is 1.29 bits per heavy atom. The lowest BCUT2D eigenvalue weighted by molar-refractivity contribution is -0.137. The van der Waals surface area contributed by atoms with E-state index in [0.29, 0.717) is 37.4 Å². The molecule has 0 spiro atoms. The van der Waals surface area contributed by atoms with Crippen molar-refractivity contribution in [1.82, 2.24) is 19.6 Å². The summed E-state index contributed by atoms with van der Waals surface area (Å²) in [5.74, 6) is -0.810. The SMILES string of the molecule is O=C(O)CCCC=C[C@@H]1C[C@@H](NS(=O)(=O)c2ccc(Cl)cc2)CN1Cc1cnccn1. The zero-order valence-corrected chi connectivity index (χ0v) is 18.5. The Balaban J connectivity index is 1.68. The topological polar surface area (TPSA) is 112 Å². The highest BCUT2D eigenvalue weighted by atomic mass is 35.5. The van der Waals surface area contributed by atoms with Crippen LogP contribution in [0.1, 0.15) is 31.4 Å². The number of sulfonamides is 1. The molecule has 0 saturated carbocycles. The second kappa shape index (κ2) is 10.8. The van der Waals surface area contributed by atoms with Gasteiger partial charge in [-0.15, -0.1) is 0 Å². The highest BCUT2D eigenvalue weighted by Crippen LogP contribution is 2.23. The van der Waals surface area contributed by atoms with Gasteiger partial charge in [0.2, 0.25) is 10.0 Å². The summed E-state index contributed by atoms with van der Waals surface area (Å²) < 4.78 is 28.3. The molecule has 2 aromatic rings. The summed E-state index contributed by atoms with van der Waals surface area (Å²) in [4.78, 5) is 21.4. The van der Waals surface area contributed by atoms with Crippen molar-refractivity contribution in [3.05, 3.63) is 65.7 Å². The molecule has 1 aliphatic heterocycles. The van der Waals surface area contributed by atoms with E-state index in [1.807, 2.05) is 12.2 Å². The third-order valence-corrected chi connectivity index (χ3v) is 6.79. The number of nitrogens with one attached hydrogen (secondary N) is 1. The molecule has 10 heteroatoms. The minimum Gasteiger partial charge on any atom is -0.481 e. The van der Waals surface area contributed by atoms with Crippen molar-refractivity contribution in [1.29, 1.82) is 0 Å². The van der Waals surface area contributed by atoms with E-state index in [1.54, 1.807) is 30.7 Å². The molecule has 1 aromatic carbocycles. The van der Waals surface area contributed by atoms with Gasteiger partial charge < -0.3 is 5.11 Å². The van der Waals surface area contributed by atoms with Crippen LogP contribution in [0.3, 0.4) is 0 Å². The van der Waals surface area contributed by atoms with Gasteiger partial charge in [-0.1, -0.05) is 23.8 Å². The van der Waals surface area contributed by atoms with Crippen molar-refractivity contribution in [2.45, 2.75) is 49.2 Å². The molecule has 166 valence electrons. The smallest absolute Gasteiger partial charge is 0.303 e. The number of allylic oxidation sites excluding steroid dienone is 1. The summed E-state index contributed by atoms with van der Waals surface area (Å²) in [5, 5.41) is 9.24. The fraction of sp³-hybridized carbons (Fsp3) is 0.381. The fourth-order valence-electron chi connectivity index (χ4n) is 3.55. The van der Waals surface area contributed by atoms with E-state index in [1.165, 1.54) is 12.1 Å². The molecule has 1 fully saturated rings. The normalized spacial score (nSPS) is 19.8. The monoisotopic (exact) mass is 464 g/mol. The van der Waals surface area contributed by atoms with Crippen LogP contribution in [0.4, 0.5) is 0 Å². The Kier molecular flexibility index (Phi) is 8.14. The maximum Gasteiger partial charge on any atom is 0.303 e. The van der Waals surface area contributed by atoms with Crippen LogP contribution in [0.5, 0.6) is 0 Å². The minimum atomic E-state index is -3.67. The third-order valence-electron chi connectivity index (χ3n) is 5.00. The van der Waals surface area contributed by atoms with Gasteiger partial charge in [0.15, 0.2) is 0 Å². The first-order valence-corrected chi connectivity index (χ1v) is 11.8. The lowest BCUT2D eigenvalue weighted by Gasteiger charge is -2.21. The van der Waals surface area contributed by atoms with E-state index >= 15 is 0 Å². The van der Waals surface area contributed by atoms with Crippen LogP contribution in [-0.4, -0.2) is 53.0 Å². The Morgan fingerprint density at radius 3 is 2.74 bits per heavy atom. The predicted molar refractivity (Wildman–Crippen MR) is 117 cm³/mol. The summed E-state index contributed by atoms with van der Waals surface area (Å²) in [6, 6.07) is 5.80. The van der Waals surface area contributed by atoms with Crippen molar-refractivity contribution in [3.8, 4) is 0 Å². The summed E-state index contributed by atoms with van der Waals surface area (Å²) >= 11 is 5.86. The van der Waals surface area contributed by atoms with E-state index < -0.39 is 16.0 Å². The number of halogens is 1. The Hall–Kier alpha value is -2.33. The standard InChI is InChI=1S/C21H25ClN4O4S/c22-16-6-8-20(9-7-16)31(29,30)25-17-12-19(4-2-1-3-5-21(27)28)26(14-17)15-18-13-23-10-11-24-18/h2,4,6-11,13,17,19,25H,1,3,5,12,14-15H2,(H,27,28)/t17-,19-/m1/s1. The van der Waals surface area contributed by atoms with Gasteiger partial charge in [-0.2, -0.15) is 0 Å². The molecule has 1 aliphatic rings. The predicted octanol–water partition coefficient (Wildman–Crippen LogP) is 2.86. The fourth-order valence-corrected chi connectivity index (χ4v) is 4.91. The maximum absolute atomic E-state index is 12.8. The first-order chi connectivity index (χ1) is 14.8. The average molecular weight is 465 g/mol. The number of unbranched alkanes of at least 4 members (excludes halogenated alkanes) is 1. The van der Waals surface area contributed by atoms with Gasteiger partial charge in [0.05, 0.1) is 10.6 Å². The van der Waals surface area contributed by atoms with Gasteiger partial charge in [0.25, 0.3) is 0 Å². The van der Waals surface area contributed by atoms with E-state index in [0.717, 1.165) is 5.69 Å². The number of carboxylic acid groups (broad SMARTS) is 1. The molecule has 2 N–H and O–H groups in total. The van der Waals surface area contributed by atoms with Crippen LogP contribution >= 0.6 is 11.6 Å². The zero-order valence-electron chi connectivity index (χ0n) is 16.9. The number of hydrogen-bond donors (Lipinski definition) is 2. The zero-order chi connectivity index (χ0) is 22.3. The van der Waals surface area contributed by atoms with E-state index in [2.05, 4.69) is 19.6 Å². The number of benzene rings is 1. The van der Waals surface area contributed by atoms with Crippen molar-refractivity contribution >= 4 is 27.6 Å². The number of carbonyl (C=O) groups is 1. The van der Waals surface area contributed by atoms with Crippen LogP contribution < -0.4 is 4.72 Å². The molecule has 1 aromatic heterocycles. The second-order valence-corrected chi connectivity index (χ2v) is 9.57. The van der Waals surface area contributed by atoms with Gasteiger partial charge in [-0.05, 0) is 43.5 Å². The van der Waals surface area contributed by atoms with Crippen molar-refractivity contribution < 1.29 is 18.3 Å². The highest BCUT2D eigenvalue weighted by molar-refractivity contribution is 7.89. The van der Waals surface area contributed by atoms with Crippen LogP contribution in [0.2, 0.25) is 5.02 Å². The first-order valence-electron chi connectivity index (χ1n) is 9.99. The molecule has 0 bridgehead atoms. The van der Waals surface area contributed by atoms with E-state index in [9.17, 15) is 13.2 Å². The molecule has 0 radical (unpaired) electrons. The molecule has 2 heterocycles. The number of rotatable bonds is 10. The average Bonchev–Trinajstić information content (AvgIpc) is 3.08. The summed E-state index contributed by atoms with van der Waals surface area (Å²) in [5.41, 5.74) is 0.799. The maximum atomic E-state index is 12.8. The molecular weight excluding hydrogens is 440 g/mol. The Morgan fingerprint density at radius 2 is 2.06 bits per heavy atom. The van der Waals surface area contributed by atoms with Gasteiger partial charge in [0, 0.05) is 55.2 Å². The lowest BCUT2D eigenvalue weighted by Crippen LogP contribution is -2.37. The molecule has 1 saturated heterocycles. The first kappa shape index (κ1) is 23.3. The number of hydrogen-bond acceptors (Lipinski definition) is 6. The second-order valence-electron chi connectivity index (χ2n) is 7.42. The summed E-state index contributed by atoms with van der Waals surface area (Å²) in [7, 11) is -3.67. The van der Waals surface area contributed by atoms with Crippen molar-refractivity contribution in [2.75, 3.05) is 6.54 Å². The molecule has 8 nitrogen and oxygen atoms in total.